The average Bonchev–Trinajstić information content (AvgIpc) is 2.31. The maximum atomic E-state index is 12.1. The molecule has 0 saturated heterocycles. The van der Waals surface area contributed by atoms with Crippen LogP contribution in [0.3, 0.4) is 0 Å². The zero-order valence-electron chi connectivity index (χ0n) is 10.8. The molecule has 3 N–H and O–H groups in total. The van der Waals surface area contributed by atoms with Crippen LogP contribution in [0.5, 0.6) is 0 Å². The van der Waals surface area contributed by atoms with Crippen molar-refractivity contribution in [3.05, 3.63) is 57.6 Å². The summed E-state index contributed by atoms with van der Waals surface area (Å²) in [6.07, 6.45) is 0. The summed E-state index contributed by atoms with van der Waals surface area (Å²) in [5.74, 6) is -0.163. The molecule has 0 fully saturated rings. The standard InChI is InChI=1S/C15H15BrN2O/c1-9-5-12(16)8-13(6-9)18-15(19)11-4-3-10(2)14(17)7-11/h3-8H,17H2,1-2H3,(H,18,19). The molecule has 0 aliphatic rings. The van der Waals surface area contributed by atoms with Crippen LogP contribution in [0.4, 0.5) is 11.4 Å². The van der Waals surface area contributed by atoms with Crippen LogP contribution in [-0.2, 0) is 0 Å². The molecule has 0 bridgehead atoms. The lowest BCUT2D eigenvalue weighted by molar-refractivity contribution is 0.102. The molecule has 2 aromatic rings. The van der Waals surface area contributed by atoms with Gasteiger partial charge < -0.3 is 11.1 Å². The molecular formula is C15H15BrN2O. The van der Waals surface area contributed by atoms with Crippen molar-refractivity contribution in [2.45, 2.75) is 13.8 Å². The van der Waals surface area contributed by atoms with Crippen LogP contribution in [0.2, 0.25) is 0 Å². The van der Waals surface area contributed by atoms with Gasteiger partial charge in [-0.05, 0) is 55.3 Å². The minimum Gasteiger partial charge on any atom is -0.398 e. The molecule has 0 saturated carbocycles. The topological polar surface area (TPSA) is 55.1 Å². The number of nitrogens with one attached hydrogen (secondary N) is 1. The molecule has 2 rings (SSSR count). The fourth-order valence-corrected chi connectivity index (χ4v) is 2.40. The predicted molar refractivity (Wildman–Crippen MR) is 82.4 cm³/mol. The summed E-state index contributed by atoms with van der Waals surface area (Å²) in [6, 6.07) is 11.1. The number of aryl methyl sites for hydroxylation is 2. The number of nitrogen functional groups attached to an aromatic ring is 1. The Balaban J connectivity index is 2.22. The van der Waals surface area contributed by atoms with E-state index in [2.05, 4.69) is 21.2 Å². The van der Waals surface area contributed by atoms with Crippen LogP contribution >= 0.6 is 15.9 Å². The van der Waals surface area contributed by atoms with E-state index in [1.165, 1.54) is 0 Å². The third-order valence-corrected chi connectivity index (χ3v) is 3.30. The Labute approximate surface area is 121 Å². The van der Waals surface area contributed by atoms with Crippen LogP contribution in [0.1, 0.15) is 21.5 Å². The monoisotopic (exact) mass is 318 g/mol. The molecule has 0 spiro atoms. The Morgan fingerprint density at radius 2 is 1.89 bits per heavy atom. The van der Waals surface area contributed by atoms with Gasteiger partial charge in [-0.1, -0.05) is 22.0 Å². The van der Waals surface area contributed by atoms with Gasteiger partial charge in [0.15, 0.2) is 0 Å². The van der Waals surface area contributed by atoms with Gasteiger partial charge in [-0.15, -0.1) is 0 Å². The van der Waals surface area contributed by atoms with Crippen LogP contribution in [0.15, 0.2) is 40.9 Å². The quantitative estimate of drug-likeness (QED) is 0.825. The molecule has 2 aromatic carbocycles. The molecule has 3 nitrogen and oxygen atoms in total. The number of benzene rings is 2. The van der Waals surface area contributed by atoms with E-state index in [4.69, 9.17) is 5.73 Å². The molecular weight excluding hydrogens is 304 g/mol. The van der Waals surface area contributed by atoms with Crippen LogP contribution in [-0.4, -0.2) is 5.91 Å². The van der Waals surface area contributed by atoms with Crippen molar-refractivity contribution in [1.82, 2.24) is 0 Å². The number of carbonyl (C=O) groups excluding carboxylic acids is 1. The zero-order chi connectivity index (χ0) is 14.0. The van der Waals surface area contributed by atoms with Crippen molar-refractivity contribution in [2.75, 3.05) is 11.1 Å². The lowest BCUT2D eigenvalue weighted by atomic mass is 10.1. The highest BCUT2D eigenvalue weighted by atomic mass is 79.9. The molecule has 19 heavy (non-hydrogen) atoms. The van der Waals surface area contributed by atoms with E-state index in [0.717, 1.165) is 21.3 Å². The number of hydrogen-bond donors (Lipinski definition) is 2. The number of carbonyl (C=O) groups is 1. The number of amides is 1. The van der Waals surface area contributed by atoms with E-state index in [1.54, 1.807) is 12.1 Å². The van der Waals surface area contributed by atoms with E-state index >= 15 is 0 Å². The van der Waals surface area contributed by atoms with E-state index in [-0.39, 0.29) is 5.91 Å². The second-order valence-corrected chi connectivity index (χ2v) is 5.46. The molecule has 0 atom stereocenters. The molecule has 1 amide bonds. The molecule has 0 radical (unpaired) electrons. The molecule has 0 unspecified atom stereocenters. The van der Waals surface area contributed by atoms with Gasteiger partial charge in [0.2, 0.25) is 0 Å². The Hall–Kier alpha value is -1.81. The van der Waals surface area contributed by atoms with Crippen LogP contribution in [0.25, 0.3) is 0 Å². The third-order valence-electron chi connectivity index (χ3n) is 2.84. The maximum Gasteiger partial charge on any atom is 0.255 e. The smallest absolute Gasteiger partial charge is 0.255 e. The second kappa shape index (κ2) is 5.45. The minimum atomic E-state index is -0.163. The summed E-state index contributed by atoms with van der Waals surface area (Å²) >= 11 is 3.41. The van der Waals surface area contributed by atoms with Gasteiger partial charge in [-0.3, -0.25) is 4.79 Å². The Morgan fingerprint density at radius 3 is 2.53 bits per heavy atom. The molecule has 0 heterocycles. The predicted octanol–water partition coefficient (Wildman–Crippen LogP) is 3.90. The van der Waals surface area contributed by atoms with Crippen LogP contribution in [0, 0.1) is 13.8 Å². The van der Waals surface area contributed by atoms with Crippen molar-refractivity contribution in [3.63, 3.8) is 0 Å². The lowest BCUT2D eigenvalue weighted by Gasteiger charge is -2.08. The van der Waals surface area contributed by atoms with Crippen molar-refractivity contribution in [2.24, 2.45) is 0 Å². The summed E-state index contributed by atoms with van der Waals surface area (Å²) in [6.45, 7) is 3.89. The molecule has 0 aliphatic heterocycles. The van der Waals surface area contributed by atoms with Gasteiger partial charge in [0.05, 0.1) is 0 Å². The van der Waals surface area contributed by atoms with Crippen molar-refractivity contribution in [3.8, 4) is 0 Å². The zero-order valence-corrected chi connectivity index (χ0v) is 12.4. The highest BCUT2D eigenvalue weighted by molar-refractivity contribution is 9.10. The average molecular weight is 319 g/mol. The number of halogens is 1. The molecule has 98 valence electrons. The fraction of sp³-hybridized carbons (Fsp3) is 0.133. The Kier molecular flexibility index (Phi) is 3.90. The van der Waals surface area contributed by atoms with E-state index < -0.39 is 0 Å². The largest absolute Gasteiger partial charge is 0.398 e. The SMILES string of the molecule is Cc1cc(Br)cc(NC(=O)c2ccc(C)c(N)c2)c1. The fourth-order valence-electron chi connectivity index (χ4n) is 1.79. The van der Waals surface area contributed by atoms with E-state index in [1.807, 2.05) is 38.1 Å². The van der Waals surface area contributed by atoms with Crippen molar-refractivity contribution in [1.29, 1.82) is 0 Å². The summed E-state index contributed by atoms with van der Waals surface area (Å²) in [4.78, 5) is 12.1. The van der Waals surface area contributed by atoms with Gasteiger partial charge in [-0.25, -0.2) is 0 Å². The minimum absolute atomic E-state index is 0.163. The Morgan fingerprint density at radius 1 is 1.16 bits per heavy atom. The number of anilines is 2. The molecule has 4 heteroatoms. The number of nitrogens with two attached hydrogens (primary N) is 1. The maximum absolute atomic E-state index is 12.1. The van der Waals surface area contributed by atoms with Gasteiger partial charge in [0.1, 0.15) is 0 Å². The summed E-state index contributed by atoms with van der Waals surface area (Å²) in [7, 11) is 0. The highest BCUT2D eigenvalue weighted by Crippen LogP contribution is 2.20. The summed E-state index contributed by atoms with van der Waals surface area (Å²) in [5, 5.41) is 2.86. The first-order valence-corrected chi connectivity index (χ1v) is 6.69. The van der Waals surface area contributed by atoms with Gasteiger partial charge in [0, 0.05) is 21.4 Å². The van der Waals surface area contributed by atoms with Crippen molar-refractivity contribution >= 4 is 33.2 Å². The number of rotatable bonds is 2. The number of hydrogen-bond acceptors (Lipinski definition) is 2. The van der Waals surface area contributed by atoms with Gasteiger partial charge >= 0.3 is 0 Å². The summed E-state index contributed by atoms with van der Waals surface area (Å²) in [5.41, 5.74) is 9.80. The van der Waals surface area contributed by atoms with E-state index in [0.29, 0.717) is 11.3 Å². The Bertz CT molecular complexity index is 618. The first-order chi connectivity index (χ1) is 8.95. The second-order valence-electron chi connectivity index (χ2n) is 4.54. The normalized spacial score (nSPS) is 10.3. The van der Waals surface area contributed by atoms with Crippen LogP contribution < -0.4 is 11.1 Å². The molecule has 0 aliphatic carbocycles. The van der Waals surface area contributed by atoms with Gasteiger partial charge in [0.25, 0.3) is 5.91 Å². The lowest BCUT2D eigenvalue weighted by Crippen LogP contribution is -2.12. The first-order valence-electron chi connectivity index (χ1n) is 5.90. The van der Waals surface area contributed by atoms with Crippen molar-refractivity contribution < 1.29 is 4.79 Å². The first kappa shape index (κ1) is 13.6. The summed E-state index contributed by atoms with van der Waals surface area (Å²) < 4.78 is 0.936. The molecule has 0 aromatic heterocycles. The van der Waals surface area contributed by atoms with E-state index in [9.17, 15) is 4.79 Å². The van der Waals surface area contributed by atoms with Gasteiger partial charge in [-0.2, -0.15) is 0 Å². The third kappa shape index (κ3) is 3.35. The highest BCUT2D eigenvalue weighted by Gasteiger charge is 2.08.